The van der Waals surface area contributed by atoms with Crippen LogP contribution in [0.1, 0.15) is 0 Å². The van der Waals surface area contributed by atoms with Gasteiger partial charge in [0.05, 0.1) is 6.54 Å². The minimum Gasteiger partial charge on any atom is -0.324 e. The summed E-state index contributed by atoms with van der Waals surface area (Å²) >= 11 is 0. The molecule has 0 atom stereocenters. The Morgan fingerprint density at radius 3 is 2.89 bits per heavy atom. The fourth-order valence-corrected chi connectivity index (χ4v) is 0.340. The van der Waals surface area contributed by atoms with Crippen LogP contribution in [0.4, 0.5) is 0 Å². The molecule has 0 unspecified atom stereocenters. The van der Waals surface area contributed by atoms with Crippen LogP contribution < -0.4 is 16.5 Å². The quantitative estimate of drug-likeness (QED) is 0.183. The first-order valence-corrected chi connectivity index (χ1v) is 2.48. The number of carbonyl (C=O) groups is 1. The molecule has 4 N–H and O–H groups in total. The summed E-state index contributed by atoms with van der Waals surface area (Å²) in [5.41, 5.74) is 7.64. The van der Waals surface area contributed by atoms with Gasteiger partial charge < -0.3 is 16.5 Å². The van der Waals surface area contributed by atoms with Gasteiger partial charge in [-0.1, -0.05) is 0 Å². The maximum absolute atomic E-state index is 9.77. The van der Waals surface area contributed by atoms with E-state index in [0.717, 1.165) is 0 Å². The smallest absolute Gasteiger partial charge is 0.212 e. The number of amidine groups is 1. The minimum atomic E-state index is 0.222. The van der Waals surface area contributed by atoms with Crippen molar-refractivity contribution in [2.45, 2.75) is 0 Å². The lowest BCUT2D eigenvalue weighted by atomic mass is 10.6. The van der Waals surface area contributed by atoms with E-state index in [1.54, 1.807) is 7.05 Å². The number of amides is 1. The van der Waals surface area contributed by atoms with Crippen molar-refractivity contribution >= 4 is 12.2 Å². The van der Waals surface area contributed by atoms with Gasteiger partial charge in [0.25, 0.3) is 0 Å². The maximum atomic E-state index is 9.77. The van der Waals surface area contributed by atoms with Crippen LogP contribution in [0.5, 0.6) is 0 Å². The number of hydrogen-bond donors (Lipinski definition) is 3. The molecule has 0 aliphatic heterocycles. The van der Waals surface area contributed by atoms with Gasteiger partial charge in [0, 0.05) is 7.05 Å². The zero-order chi connectivity index (χ0) is 7.11. The van der Waals surface area contributed by atoms with E-state index in [9.17, 15) is 4.79 Å². The van der Waals surface area contributed by atoms with E-state index >= 15 is 0 Å². The number of nitrogens with two attached hydrogens (primary N) is 1. The predicted octanol–water partition coefficient (Wildman–Crippen LogP) is -1.78. The fourth-order valence-electron chi connectivity index (χ4n) is 0.340. The van der Waals surface area contributed by atoms with Gasteiger partial charge in [-0.2, -0.15) is 5.10 Å². The van der Waals surface area contributed by atoms with Crippen molar-refractivity contribution in [3.05, 3.63) is 0 Å². The van der Waals surface area contributed by atoms with Crippen molar-refractivity contribution in [1.82, 2.24) is 10.7 Å². The van der Waals surface area contributed by atoms with E-state index in [0.29, 0.717) is 12.2 Å². The van der Waals surface area contributed by atoms with Gasteiger partial charge in [-0.05, 0) is 0 Å². The highest BCUT2D eigenvalue weighted by Gasteiger charge is 1.89. The molecule has 5 heteroatoms. The second-order valence-electron chi connectivity index (χ2n) is 1.25. The standard InChI is InChI=1S/C4H10N4O/c1-6-8-4(2-5)7-3-9/h3,6H,2,5H2,1H3,(H,7,8,9). The lowest BCUT2D eigenvalue weighted by Crippen LogP contribution is -2.31. The molecule has 0 aromatic carbocycles. The summed E-state index contributed by atoms with van der Waals surface area (Å²) in [6.07, 6.45) is 0.531. The zero-order valence-electron chi connectivity index (χ0n) is 5.22. The van der Waals surface area contributed by atoms with Gasteiger partial charge in [0.1, 0.15) is 5.84 Å². The van der Waals surface area contributed by atoms with E-state index in [4.69, 9.17) is 5.73 Å². The lowest BCUT2D eigenvalue weighted by Gasteiger charge is -1.97. The molecule has 0 rings (SSSR count). The average Bonchev–Trinajstić information content (AvgIpc) is 1.88. The van der Waals surface area contributed by atoms with Crippen molar-refractivity contribution in [3.63, 3.8) is 0 Å². The van der Waals surface area contributed by atoms with E-state index < -0.39 is 0 Å². The SMILES string of the molecule is CN/N=C(/CN)NC=O. The second kappa shape index (κ2) is 5.04. The van der Waals surface area contributed by atoms with Crippen LogP contribution in [-0.4, -0.2) is 25.8 Å². The Kier molecular flexibility index (Phi) is 4.43. The first kappa shape index (κ1) is 7.90. The summed E-state index contributed by atoms with van der Waals surface area (Å²) in [5, 5.41) is 5.95. The van der Waals surface area contributed by atoms with E-state index in [1.807, 2.05) is 0 Å². The molecule has 1 amide bonds. The molecule has 0 aromatic rings. The molecule has 0 aliphatic carbocycles. The molecule has 5 nitrogen and oxygen atoms in total. The van der Waals surface area contributed by atoms with Crippen LogP contribution in [0.15, 0.2) is 5.10 Å². The molecule has 9 heavy (non-hydrogen) atoms. The second-order valence-corrected chi connectivity index (χ2v) is 1.25. The van der Waals surface area contributed by atoms with Crippen molar-refractivity contribution in [3.8, 4) is 0 Å². The highest BCUT2D eigenvalue weighted by molar-refractivity contribution is 5.91. The van der Waals surface area contributed by atoms with Crippen molar-refractivity contribution in [1.29, 1.82) is 0 Å². The molecule has 0 aliphatic rings. The summed E-state index contributed by atoms with van der Waals surface area (Å²) in [5.74, 6) is 0.424. The molecule has 0 heterocycles. The van der Waals surface area contributed by atoms with Crippen molar-refractivity contribution in [2.24, 2.45) is 10.8 Å². The van der Waals surface area contributed by atoms with Crippen LogP contribution in [0.2, 0.25) is 0 Å². The monoisotopic (exact) mass is 130 g/mol. The third-order valence-electron chi connectivity index (χ3n) is 0.666. The van der Waals surface area contributed by atoms with Crippen LogP contribution in [-0.2, 0) is 4.79 Å². The normalized spacial score (nSPS) is 10.7. The molecule has 52 valence electrons. The van der Waals surface area contributed by atoms with Gasteiger partial charge in [0.15, 0.2) is 0 Å². The van der Waals surface area contributed by atoms with Gasteiger partial charge in [0.2, 0.25) is 6.41 Å². The first-order chi connectivity index (χ1) is 4.35. The average molecular weight is 130 g/mol. The Labute approximate surface area is 53.3 Å². The first-order valence-electron chi connectivity index (χ1n) is 2.48. The van der Waals surface area contributed by atoms with Gasteiger partial charge >= 0.3 is 0 Å². The predicted molar refractivity (Wildman–Crippen MR) is 34.7 cm³/mol. The third kappa shape index (κ3) is 3.48. The Morgan fingerprint density at radius 2 is 2.56 bits per heavy atom. The number of hydrazone groups is 1. The zero-order valence-corrected chi connectivity index (χ0v) is 5.22. The fraction of sp³-hybridized carbons (Fsp3) is 0.500. The molecule has 0 fully saturated rings. The van der Waals surface area contributed by atoms with Crippen LogP contribution >= 0.6 is 0 Å². The summed E-state index contributed by atoms with van der Waals surface area (Å²) in [6.45, 7) is 0.222. The van der Waals surface area contributed by atoms with E-state index in [2.05, 4.69) is 15.8 Å². The highest BCUT2D eigenvalue weighted by atomic mass is 16.1. The number of nitrogens with one attached hydrogen (secondary N) is 2. The summed E-state index contributed by atoms with van der Waals surface area (Å²) < 4.78 is 0. The molecule has 0 saturated carbocycles. The Balaban J connectivity index is 3.65. The lowest BCUT2D eigenvalue weighted by molar-refractivity contribution is -0.108. The summed E-state index contributed by atoms with van der Waals surface area (Å²) in [7, 11) is 1.63. The maximum Gasteiger partial charge on any atom is 0.212 e. The number of rotatable bonds is 3. The van der Waals surface area contributed by atoms with Crippen LogP contribution in [0.3, 0.4) is 0 Å². The number of nitrogens with zero attached hydrogens (tertiary/aromatic N) is 1. The van der Waals surface area contributed by atoms with Crippen molar-refractivity contribution in [2.75, 3.05) is 13.6 Å². The molecule has 0 spiro atoms. The largest absolute Gasteiger partial charge is 0.324 e. The summed E-state index contributed by atoms with van der Waals surface area (Å²) in [6, 6.07) is 0. The van der Waals surface area contributed by atoms with Gasteiger partial charge in [-0.15, -0.1) is 0 Å². The van der Waals surface area contributed by atoms with Crippen LogP contribution in [0.25, 0.3) is 0 Å². The van der Waals surface area contributed by atoms with Gasteiger partial charge in [-0.3, -0.25) is 4.79 Å². The Bertz CT molecular complexity index is 111. The molecule has 0 bridgehead atoms. The van der Waals surface area contributed by atoms with E-state index in [-0.39, 0.29) is 6.54 Å². The Hall–Kier alpha value is -1.10. The Morgan fingerprint density at radius 1 is 1.89 bits per heavy atom. The highest BCUT2D eigenvalue weighted by Crippen LogP contribution is 1.61. The number of hydrogen-bond acceptors (Lipinski definition) is 4. The van der Waals surface area contributed by atoms with Gasteiger partial charge in [-0.25, -0.2) is 0 Å². The van der Waals surface area contributed by atoms with Crippen LogP contribution in [0, 0.1) is 0 Å². The molecular formula is C4H10N4O. The minimum absolute atomic E-state index is 0.222. The van der Waals surface area contributed by atoms with Crippen molar-refractivity contribution < 1.29 is 4.79 Å². The van der Waals surface area contributed by atoms with E-state index in [1.165, 1.54) is 0 Å². The number of carbonyl (C=O) groups excluding carboxylic acids is 1. The molecule has 0 aromatic heterocycles. The molecule has 0 saturated heterocycles. The summed E-state index contributed by atoms with van der Waals surface area (Å²) in [4.78, 5) is 9.77. The third-order valence-corrected chi connectivity index (χ3v) is 0.666. The molecule has 0 radical (unpaired) electrons. The molecular weight excluding hydrogens is 120 g/mol. The topological polar surface area (TPSA) is 79.5 Å².